The van der Waals surface area contributed by atoms with E-state index < -0.39 is 0 Å². The van der Waals surface area contributed by atoms with Crippen LogP contribution in [0.2, 0.25) is 0 Å². The standard InChI is InChI=1S/C10H15NO2/c1-8(2)11(3)6-9-4-5-10(7-12)13-9/h4-5,7-8H,6H2,1-3H3. The van der Waals surface area contributed by atoms with Gasteiger partial charge in [0.1, 0.15) is 5.76 Å². The van der Waals surface area contributed by atoms with Crippen LogP contribution < -0.4 is 0 Å². The van der Waals surface area contributed by atoms with Crippen LogP contribution in [0.5, 0.6) is 0 Å². The van der Waals surface area contributed by atoms with Crippen molar-refractivity contribution in [2.24, 2.45) is 0 Å². The molecule has 0 aliphatic rings. The summed E-state index contributed by atoms with van der Waals surface area (Å²) in [7, 11) is 2.02. The van der Waals surface area contributed by atoms with Crippen molar-refractivity contribution >= 4 is 6.29 Å². The SMILES string of the molecule is CC(C)N(C)Cc1ccc(C=O)o1. The van der Waals surface area contributed by atoms with Crippen LogP contribution in [0.3, 0.4) is 0 Å². The quantitative estimate of drug-likeness (QED) is 0.665. The smallest absolute Gasteiger partial charge is 0.185 e. The first-order valence-electron chi connectivity index (χ1n) is 4.37. The van der Waals surface area contributed by atoms with Crippen LogP contribution in [-0.2, 0) is 6.54 Å². The highest BCUT2D eigenvalue weighted by atomic mass is 16.3. The summed E-state index contributed by atoms with van der Waals surface area (Å²) in [6, 6.07) is 4.00. The summed E-state index contributed by atoms with van der Waals surface area (Å²) in [5.41, 5.74) is 0. The van der Waals surface area contributed by atoms with E-state index in [1.54, 1.807) is 6.07 Å². The second kappa shape index (κ2) is 4.23. The number of hydrogen-bond donors (Lipinski definition) is 0. The van der Waals surface area contributed by atoms with Gasteiger partial charge in [-0.1, -0.05) is 0 Å². The first-order chi connectivity index (χ1) is 6.13. The van der Waals surface area contributed by atoms with Gasteiger partial charge in [0, 0.05) is 6.04 Å². The number of furan rings is 1. The first kappa shape index (κ1) is 9.99. The Hall–Kier alpha value is -1.09. The Morgan fingerprint density at radius 1 is 1.54 bits per heavy atom. The predicted octanol–water partition coefficient (Wildman–Crippen LogP) is 1.93. The van der Waals surface area contributed by atoms with Crippen molar-refractivity contribution in [2.75, 3.05) is 7.05 Å². The number of hydrogen-bond acceptors (Lipinski definition) is 3. The van der Waals surface area contributed by atoms with E-state index in [4.69, 9.17) is 4.42 Å². The van der Waals surface area contributed by atoms with Gasteiger partial charge in [-0.25, -0.2) is 0 Å². The van der Waals surface area contributed by atoms with Gasteiger partial charge < -0.3 is 4.42 Å². The summed E-state index contributed by atoms with van der Waals surface area (Å²) < 4.78 is 5.24. The Kier molecular flexibility index (Phi) is 3.25. The van der Waals surface area contributed by atoms with Crippen LogP contribution in [0, 0.1) is 0 Å². The molecule has 0 atom stereocenters. The Labute approximate surface area is 78.3 Å². The van der Waals surface area contributed by atoms with Crippen LogP contribution in [0.25, 0.3) is 0 Å². The van der Waals surface area contributed by atoms with E-state index in [2.05, 4.69) is 18.7 Å². The monoisotopic (exact) mass is 181 g/mol. The second-order valence-corrected chi connectivity index (χ2v) is 3.43. The zero-order valence-electron chi connectivity index (χ0n) is 8.28. The molecule has 3 heteroatoms. The molecule has 1 aromatic heterocycles. The molecule has 0 amide bonds. The lowest BCUT2D eigenvalue weighted by Crippen LogP contribution is -2.25. The highest BCUT2D eigenvalue weighted by Crippen LogP contribution is 2.09. The molecular formula is C10H15NO2. The normalized spacial score (nSPS) is 11.2. The van der Waals surface area contributed by atoms with Crippen LogP contribution in [0.1, 0.15) is 30.2 Å². The molecule has 0 aliphatic heterocycles. The van der Waals surface area contributed by atoms with Crippen molar-refractivity contribution in [3.63, 3.8) is 0 Å². The topological polar surface area (TPSA) is 33.5 Å². The third-order valence-corrected chi connectivity index (χ3v) is 2.09. The van der Waals surface area contributed by atoms with E-state index in [1.807, 2.05) is 13.1 Å². The molecule has 0 N–H and O–H groups in total. The zero-order chi connectivity index (χ0) is 9.84. The molecule has 0 fully saturated rings. The number of carbonyl (C=O) groups is 1. The lowest BCUT2D eigenvalue weighted by molar-refractivity contribution is 0.109. The van der Waals surface area contributed by atoms with Gasteiger partial charge in [0.25, 0.3) is 0 Å². The highest BCUT2D eigenvalue weighted by molar-refractivity contribution is 5.70. The number of aldehydes is 1. The molecule has 0 bridgehead atoms. The Bertz CT molecular complexity index is 278. The predicted molar refractivity (Wildman–Crippen MR) is 50.7 cm³/mol. The van der Waals surface area contributed by atoms with E-state index in [-0.39, 0.29) is 0 Å². The third-order valence-electron chi connectivity index (χ3n) is 2.09. The number of carbonyl (C=O) groups excluding carboxylic acids is 1. The maximum atomic E-state index is 10.3. The molecular weight excluding hydrogens is 166 g/mol. The van der Waals surface area contributed by atoms with Gasteiger partial charge in [-0.15, -0.1) is 0 Å². The van der Waals surface area contributed by atoms with Crippen LogP contribution in [0.4, 0.5) is 0 Å². The van der Waals surface area contributed by atoms with Gasteiger partial charge in [0.15, 0.2) is 12.0 Å². The largest absolute Gasteiger partial charge is 0.457 e. The summed E-state index contributed by atoms with van der Waals surface area (Å²) in [4.78, 5) is 12.5. The maximum Gasteiger partial charge on any atom is 0.185 e. The van der Waals surface area contributed by atoms with Crippen LogP contribution in [0.15, 0.2) is 16.5 Å². The van der Waals surface area contributed by atoms with Crippen LogP contribution in [-0.4, -0.2) is 24.3 Å². The molecule has 0 spiro atoms. The summed E-state index contributed by atoms with van der Waals surface area (Å²) in [5.74, 6) is 1.23. The van der Waals surface area contributed by atoms with Gasteiger partial charge in [0.05, 0.1) is 6.54 Å². The Morgan fingerprint density at radius 2 is 2.23 bits per heavy atom. The summed E-state index contributed by atoms with van der Waals surface area (Å²) >= 11 is 0. The lowest BCUT2D eigenvalue weighted by atomic mass is 10.3. The van der Waals surface area contributed by atoms with Gasteiger partial charge >= 0.3 is 0 Å². The zero-order valence-corrected chi connectivity index (χ0v) is 8.28. The van der Waals surface area contributed by atoms with E-state index in [0.29, 0.717) is 11.8 Å². The molecule has 1 aromatic rings. The lowest BCUT2D eigenvalue weighted by Gasteiger charge is -2.19. The Balaban J connectivity index is 2.58. The fourth-order valence-electron chi connectivity index (χ4n) is 0.971. The molecule has 13 heavy (non-hydrogen) atoms. The van der Waals surface area contributed by atoms with Crippen molar-refractivity contribution in [3.05, 3.63) is 23.7 Å². The van der Waals surface area contributed by atoms with Gasteiger partial charge in [0.2, 0.25) is 0 Å². The van der Waals surface area contributed by atoms with Crippen molar-refractivity contribution in [1.29, 1.82) is 0 Å². The summed E-state index contributed by atoms with van der Waals surface area (Å²) in [5, 5.41) is 0. The van der Waals surface area contributed by atoms with Gasteiger partial charge in [-0.05, 0) is 33.0 Å². The minimum atomic E-state index is 0.396. The van der Waals surface area contributed by atoms with E-state index in [9.17, 15) is 4.79 Å². The first-order valence-corrected chi connectivity index (χ1v) is 4.37. The van der Waals surface area contributed by atoms with Crippen molar-refractivity contribution in [1.82, 2.24) is 4.90 Å². The minimum Gasteiger partial charge on any atom is -0.457 e. The van der Waals surface area contributed by atoms with Crippen molar-refractivity contribution < 1.29 is 9.21 Å². The maximum absolute atomic E-state index is 10.3. The fourth-order valence-corrected chi connectivity index (χ4v) is 0.971. The van der Waals surface area contributed by atoms with Crippen LogP contribution >= 0.6 is 0 Å². The molecule has 1 heterocycles. The van der Waals surface area contributed by atoms with Gasteiger partial charge in [-0.3, -0.25) is 9.69 Å². The molecule has 0 unspecified atom stereocenters. The molecule has 0 aliphatic carbocycles. The Morgan fingerprint density at radius 3 is 2.69 bits per heavy atom. The van der Waals surface area contributed by atoms with E-state index in [0.717, 1.165) is 18.6 Å². The molecule has 3 nitrogen and oxygen atoms in total. The molecule has 72 valence electrons. The second-order valence-electron chi connectivity index (χ2n) is 3.43. The fraction of sp³-hybridized carbons (Fsp3) is 0.500. The average Bonchev–Trinajstić information content (AvgIpc) is 2.52. The number of rotatable bonds is 4. The van der Waals surface area contributed by atoms with Gasteiger partial charge in [-0.2, -0.15) is 0 Å². The molecule has 0 radical (unpaired) electrons. The summed E-state index contributed by atoms with van der Waals surface area (Å²) in [6.45, 7) is 4.97. The van der Waals surface area contributed by atoms with Crippen molar-refractivity contribution in [3.8, 4) is 0 Å². The summed E-state index contributed by atoms with van der Waals surface area (Å²) in [6.07, 6.45) is 0.721. The van der Waals surface area contributed by atoms with E-state index in [1.165, 1.54) is 0 Å². The van der Waals surface area contributed by atoms with E-state index >= 15 is 0 Å². The average molecular weight is 181 g/mol. The third kappa shape index (κ3) is 2.70. The minimum absolute atomic E-state index is 0.396. The molecule has 0 aromatic carbocycles. The molecule has 0 saturated carbocycles. The number of nitrogens with zero attached hydrogens (tertiary/aromatic N) is 1. The highest BCUT2D eigenvalue weighted by Gasteiger charge is 2.07. The molecule has 0 saturated heterocycles. The van der Waals surface area contributed by atoms with Crippen molar-refractivity contribution in [2.45, 2.75) is 26.4 Å². The molecule has 1 rings (SSSR count).